The van der Waals surface area contributed by atoms with E-state index < -0.39 is 5.60 Å². The normalized spacial score (nSPS) is 33.4. The van der Waals surface area contributed by atoms with Gasteiger partial charge in [0.1, 0.15) is 5.60 Å². The van der Waals surface area contributed by atoms with Gasteiger partial charge < -0.3 is 15.4 Å². The molecule has 1 saturated carbocycles. The lowest BCUT2D eigenvalue weighted by atomic mass is 9.87. The lowest BCUT2D eigenvalue weighted by Gasteiger charge is -2.37. The summed E-state index contributed by atoms with van der Waals surface area (Å²) in [7, 11) is 0. The summed E-state index contributed by atoms with van der Waals surface area (Å²) in [6, 6.07) is 0.269. The topological polar surface area (TPSA) is 55.6 Å². The van der Waals surface area contributed by atoms with Crippen molar-refractivity contribution in [3.63, 3.8) is 0 Å². The van der Waals surface area contributed by atoms with E-state index in [1.165, 1.54) is 6.42 Å². The quantitative estimate of drug-likeness (QED) is 0.704. The summed E-state index contributed by atoms with van der Waals surface area (Å²) in [5.74, 6) is 1.21. The van der Waals surface area contributed by atoms with E-state index in [2.05, 4.69) is 0 Å². The zero-order chi connectivity index (χ0) is 12.6. The molecular formula is C13H24N2O2. The van der Waals surface area contributed by atoms with Gasteiger partial charge in [-0.15, -0.1) is 0 Å². The minimum absolute atomic E-state index is 0.185. The second-order valence-corrected chi connectivity index (χ2v) is 6.38. The van der Waals surface area contributed by atoms with Gasteiger partial charge in [0.05, 0.1) is 0 Å². The number of piperidine rings is 1. The Hall–Kier alpha value is -0.770. The Balaban J connectivity index is 1.93. The fraction of sp³-hybridized carbons (Fsp3) is 0.923. The summed E-state index contributed by atoms with van der Waals surface area (Å²) < 4.78 is 5.41. The average Bonchev–Trinajstić information content (AvgIpc) is 2.57. The second kappa shape index (κ2) is 4.48. The number of fused-ring (bicyclic) bond motifs is 1. The van der Waals surface area contributed by atoms with Crippen molar-refractivity contribution in [1.29, 1.82) is 0 Å². The van der Waals surface area contributed by atoms with Crippen molar-refractivity contribution >= 4 is 6.09 Å². The van der Waals surface area contributed by atoms with Crippen LogP contribution in [0.3, 0.4) is 0 Å². The van der Waals surface area contributed by atoms with Gasteiger partial charge in [-0.1, -0.05) is 0 Å². The number of hydrogen-bond acceptors (Lipinski definition) is 3. The van der Waals surface area contributed by atoms with Crippen molar-refractivity contribution < 1.29 is 9.53 Å². The number of likely N-dealkylation sites (tertiary alicyclic amines) is 1. The Morgan fingerprint density at radius 1 is 1.29 bits per heavy atom. The molecule has 4 nitrogen and oxygen atoms in total. The highest BCUT2D eigenvalue weighted by molar-refractivity contribution is 5.68. The van der Waals surface area contributed by atoms with Crippen LogP contribution in [-0.4, -0.2) is 35.7 Å². The van der Waals surface area contributed by atoms with Crippen molar-refractivity contribution in [2.24, 2.45) is 17.6 Å². The summed E-state index contributed by atoms with van der Waals surface area (Å²) in [4.78, 5) is 13.8. The number of ether oxygens (including phenoxy) is 1. The predicted molar refractivity (Wildman–Crippen MR) is 66.6 cm³/mol. The lowest BCUT2D eigenvalue weighted by molar-refractivity contribution is 0.0119. The van der Waals surface area contributed by atoms with Crippen molar-refractivity contribution in [1.82, 2.24) is 4.90 Å². The molecule has 0 aromatic heterocycles. The van der Waals surface area contributed by atoms with Gasteiger partial charge in [-0.2, -0.15) is 0 Å². The van der Waals surface area contributed by atoms with E-state index in [1.807, 2.05) is 25.7 Å². The van der Waals surface area contributed by atoms with Crippen LogP contribution in [0.15, 0.2) is 0 Å². The largest absolute Gasteiger partial charge is 0.444 e. The first-order chi connectivity index (χ1) is 7.87. The second-order valence-electron chi connectivity index (χ2n) is 6.38. The molecule has 1 saturated heterocycles. The maximum Gasteiger partial charge on any atom is 0.410 e. The van der Waals surface area contributed by atoms with E-state index in [1.54, 1.807) is 0 Å². The first kappa shape index (κ1) is 12.7. The highest BCUT2D eigenvalue weighted by Crippen LogP contribution is 2.37. The van der Waals surface area contributed by atoms with Crippen LogP contribution < -0.4 is 5.73 Å². The Bertz CT molecular complexity index is 298. The predicted octanol–water partition coefficient (Wildman–Crippen LogP) is 1.98. The van der Waals surface area contributed by atoms with Crippen molar-refractivity contribution in [2.75, 3.05) is 13.1 Å². The summed E-state index contributed by atoms with van der Waals surface area (Å²) in [6.07, 6.45) is 3.23. The highest BCUT2D eigenvalue weighted by atomic mass is 16.6. The molecule has 2 aliphatic rings. The van der Waals surface area contributed by atoms with Crippen LogP contribution in [0.2, 0.25) is 0 Å². The third-order valence-electron chi connectivity index (χ3n) is 3.88. The summed E-state index contributed by atoms with van der Waals surface area (Å²) >= 11 is 0. The number of nitrogens with two attached hydrogens (primary N) is 1. The summed E-state index contributed by atoms with van der Waals surface area (Å²) in [6.45, 7) is 7.31. The number of carbonyl (C=O) groups excluding carboxylic acids is 1. The zero-order valence-corrected chi connectivity index (χ0v) is 11.1. The maximum absolute atomic E-state index is 12.0. The number of rotatable bonds is 0. The number of hydrogen-bond donors (Lipinski definition) is 1. The minimum atomic E-state index is -0.411. The van der Waals surface area contributed by atoms with Crippen LogP contribution in [0.25, 0.3) is 0 Å². The van der Waals surface area contributed by atoms with E-state index in [0.717, 1.165) is 31.8 Å². The maximum atomic E-state index is 12.0. The molecule has 0 aromatic carbocycles. The van der Waals surface area contributed by atoms with E-state index in [9.17, 15) is 4.79 Å². The van der Waals surface area contributed by atoms with Crippen LogP contribution in [0, 0.1) is 11.8 Å². The highest BCUT2D eigenvalue weighted by Gasteiger charge is 2.40. The van der Waals surface area contributed by atoms with Crippen LogP contribution >= 0.6 is 0 Å². The molecule has 0 spiro atoms. The Morgan fingerprint density at radius 3 is 2.65 bits per heavy atom. The fourth-order valence-electron chi connectivity index (χ4n) is 2.99. The standard InChI is InChI=1S/C13H24N2O2/c1-13(2,3)17-12(16)15-7-6-9-4-5-11(14)10(9)8-15/h9-11H,4-8,14H2,1-3H3/t9-,10+,11+/m0/s1. The van der Waals surface area contributed by atoms with Gasteiger partial charge in [0, 0.05) is 19.1 Å². The average molecular weight is 240 g/mol. The molecule has 98 valence electrons. The molecule has 0 bridgehead atoms. The van der Waals surface area contributed by atoms with E-state index in [-0.39, 0.29) is 12.1 Å². The molecule has 17 heavy (non-hydrogen) atoms. The van der Waals surface area contributed by atoms with Crippen molar-refractivity contribution in [3.8, 4) is 0 Å². The Kier molecular flexibility index (Phi) is 3.34. The first-order valence-corrected chi connectivity index (χ1v) is 6.60. The van der Waals surface area contributed by atoms with Crippen molar-refractivity contribution in [3.05, 3.63) is 0 Å². The minimum Gasteiger partial charge on any atom is -0.444 e. The monoisotopic (exact) mass is 240 g/mol. The molecular weight excluding hydrogens is 216 g/mol. The third-order valence-corrected chi connectivity index (χ3v) is 3.88. The molecule has 0 radical (unpaired) electrons. The van der Waals surface area contributed by atoms with Gasteiger partial charge in [0.15, 0.2) is 0 Å². The molecule has 0 aromatic rings. The van der Waals surface area contributed by atoms with Crippen LogP contribution in [-0.2, 0) is 4.74 Å². The molecule has 4 heteroatoms. The number of nitrogens with zero attached hydrogens (tertiary/aromatic N) is 1. The molecule has 3 atom stereocenters. The zero-order valence-electron chi connectivity index (χ0n) is 11.1. The molecule has 0 unspecified atom stereocenters. The molecule has 2 N–H and O–H groups in total. The SMILES string of the molecule is CC(C)(C)OC(=O)N1CC[C@@H]2CC[C@@H](N)[C@@H]2C1. The van der Waals surface area contributed by atoms with Crippen molar-refractivity contribution in [2.45, 2.75) is 51.7 Å². The molecule has 1 aliphatic heterocycles. The van der Waals surface area contributed by atoms with E-state index >= 15 is 0 Å². The molecule has 1 amide bonds. The van der Waals surface area contributed by atoms with Gasteiger partial charge in [0.2, 0.25) is 0 Å². The molecule has 2 fully saturated rings. The van der Waals surface area contributed by atoms with Crippen LogP contribution in [0.4, 0.5) is 4.79 Å². The summed E-state index contributed by atoms with van der Waals surface area (Å²) in [5.41, 5.74) is 5.69. The third kappa shape index (κ3) is 2.92. The van der Waals surface area contributed by atoms with Gasteiger partial charge in [0.25, 0.3) is 0 Å². The summed E-state index contributed by atoms with van der Waals surface area (Å²) in [5, 5.41) is 0. The first-order valence-electron chi connectivity index (χ1n) is 6.60. The smallest absolute Gasteiger partial charge is 0.410 e. The number of amides is 1. The van der Waals surface area contributed by atoms with Gasteiger partial charge in [-0.05, 0) is 51.9 Å². The molecule has 1 heterocycles. The van der Waals surface area contributed by atoms with Crippen LogP contribution in [0.1, 0.15) is 40.0 Å². The van der Waals surface area contributed by atoms with Gasteiger partial charge in [-0.3, -0.25) is 0 Å². The Labute approximate surface area is 103 Å². The fourth-order valence-corrected chi connectivity index (χ4v) is 2.99. The van der Waals surface area contributed by atoms with Crippen LogP contribution in [0.5, 0.6) is 0 Å². The van der Waals surface area contributed by atoms with Gasteiger partial charge in [-0.25, -0.2) is 4.79 Å². The lowest BCUT2D eigenvalue weighted by Crippen LogP contribution is -2.48. The van der Waals surface area contributed by atoms with E-state index in [4.69, 9.17) is 10.5 Å². The number of carbonyl (C=O) groups is 1. The van der Waals surface area contributed by atoms with Gasteiger partial charge >= 0.3 is 6.09 Å². The molecule has 2 rings (SSSR count). The Morgan fingerprint density at radius 2 is 2.00 bits per heavy atom. The van der Waals surface area contributed by atoms with E-state index in [0.29, 0.717) is 5.92 Å². The molecule has 1 aliphatic carbocycles.